The molecule has 0 unspecified atom stereocenters. The molecule has 2 heterocycles. The number of nitrogens with zero attached hydrogens (tertiary/aromatic N) is 4. The average molecular weight is 290 g/mol. The van der Waals surface area contributed by atoms with Gasteiger partial charge in [0.05, 0.1) is 12.2 Å². The highest BCUT2D eigenvalue weighted by molar-refractivity contribution is 7.98. The van der Waals surface area contributed by atoms with E-state index >= 15 is 0 Å². The molecule has 6 nitrogen and oxygen atoms in total. The summed E-state index contributed by atoms with van der Waals surface area (Å²) < 4.78 is 0. The Balaban J connectivity index is 2.06. The fourth-order valence-electron chi connectivity index (χ4n) is 1.55. The van der Waals surface area contributed by atoms with Crippen molar-refractivity contribution in [2.75, 3.05) is 23.4 Å². The van der Waals surface area contributed by atoms with Crippen LogP contribution in [0.15, 0.2) is 29.8 Å². The van der Waals surface area contributed by atoms with Crippen LogP contribution in [-0.4, -0.2) is 32.7 Å². The number of rotatable bonds is 7. The van der Waals surface area contributed by atoms with Gasteiger partial charge in [-0.25, -0.2) is 19.9 Å². The zero-order chi connectivity index (χ0) is 14.2. The lowest BCUT2D eigenvalue weighted by atomic mass is 10.4. The SMILES string of the molecule is CCCNc1cc(NCc2ccncn2)nc(SC)n1. The monoisotopic (exact) mass is 290 g/mol. The van der Waals surface area contributed by atoms with E-state index in [-0.39, 0.29) is 0 Å². The molecule has 0 spiro atoms. The van der Waals surface area contributed by atoms with Gasteiger partial charge in [-0.15, -0.1) is 0 Å². The Bertz CT molecular complexity index is 534. The predicted molar refractivity (Wildman–Crippen MR) is 82.0 cm³/mol. The minimum Gasteiger partial charge on any atom is -0.370 e. The van der Waals surface area contributed by atoms with Crippen LogP contribution in [0.4, 0.5) is 11.6 Å². The Morgan fingerprint density at radius 1 is 1.20 bits per heavy atom. The zero-order valence-electron chi connectivity index (χ0n) is 11.6. The third kappa shape index (κ3) is 4.34. The molecule has 0 saturated carbocycles. The van der Waals surface area contributed by atoms with E-state index in [1.165, 1.54) is 11.8 Å². The molecule has 0 saturated heterocycles. The molecule has 0 fully saturated rings. The van der Waals surface area contributed by atoms with Gasteiger partial charge in [-0.05, 0) is 18.7 Å². The van der Waals surface area contributed by atoms with Crippen molar-refractivity contribution < 1.29 is 0 Å². The maximum atomic E-state index is 4.43. The minimum absolute atomic E-state index is 0.612. The minimum atomic E-state index is 0.612. The summed E-state index contributed by atoms with van der Waals surface area (Å²) >= 11 is 1.52. The molecule has 0 bridgehead atoms. The largest absolute Gasteiger partial charge is 0.370 e. The van der Waals surface area contributed by atoms with Gasteiger partial charge < -0.3 is 10.6 Å². The number of nitrogens with one attached hydrogen (secondary N) is 2. The van der Waals surface area contributed by atoms with Gasteiger partial charge in [0.25, 0.3) is 0 Å². The van der Waals surface area contributed by atoms with Crippen molar-refractivity contribution in [3.05, 3.63) is 30.4 Å². The summed E-state index contributed by atoms with van der Waals surface area (Å²) in [6.45, 7) is 3.63. The highest BCUT2D eigenvalue weighted by Gasteiger charge is 2.04. The predicted octanol–water partition coefficient (Wildman–Crippen LogP) is 2.42. The smallest absolute Gasteiger partial charge is 0.191 e. The van der Waals surface area contributed by atoms with Gasteiger partial charge in [0.15, 0.2) is 5.16 Å². The third-order valence-corrected chi connectivity index (χ3v) is 3.09. The molecular formula is C13H18N6S. The van der Waals surface area contributed by atoms with Crippen LogP contribution in [0.1, 0.15) is 19.0 Å². The lowest BCUT2D eigenvalue weighted by molar-refractivity contribution is 0.916. The Kier molecular flexibility index (Phi) is 5.55. The molecule has 106 valence electrons. The number of thioether (sulfide) groups is 1. The molecule has 0 aromatic carbocycles. The van der Waals surface area contributed by atoms with Crippen molar-refractivity contribution in [1.29, 1.82) is 0 Å². The lowest BCUT2D eigenvalue weighted by Gasteiger charge is -2.09. The van der Waals surface area contributed by atoms with E-state index in [4.69, 9.17) is 0 Å². The quantitative estimate of drug-likeness (QED) is 0.599. The molecule has 0 aliphatic heterocycles. The van der Waals surface area contributed by atoms with Crippen LogP contribution in [0.2, 0.25) is 0 Å². The van der Waals surface area contributed by atoms with Gasteiger partial charge in [0.1, 0.15) is 18.0 Å². The number of anilines is 2. The molecule has 20 heavy (non-hydrogen) atoms. The van der Waals surface area contributed by atoms with Gasteiger partial charge in [-0.1, -0.05) is 18.7 Å². The van der Waals surface area contributed by atoms with Crippen molar-refractivity contribution in [2.45, 2.75) is 25.0 Å². The van der Waals surface area contributed by atoms with Gasteiger partial charge in [-0.2, -0.15) is 0 Å². The summed E-state index contributed by atoms with van der Waals surface area (Å²) in [6.07, 6.45) is 6.29. The summed E-state index contributed by atoms with van der Waals surface area (Å²) in [5.41, 5.74) is 0.924. The summed E-state index contributed by atoms with van der Waals surface area (Å²) in [4.78, 5) is 16.9. The van der Waals surface area contributed by atoms with Crippen LogP contribution < -0.4 is 10.6 Å². The van der Waals surface area contributed by atoms with Crippen molar-refractivity contribution in [2.24, 2.45) is 0 Å². The molecule has 0 atom stereocenters. The van der Waals surface area contributed by atoms with E-state index in [0.717, 1.165) is 35.5 Å². The Morgan fingerprint density at radius 2 is 2.00 bits per heavy atom. The molecule has 0 radical (unpaired) electrons. The first-order valence-electron chi connectivity index (χ1n) is 6.47. The van der Waals surface area contributed by atoms with Crippen molar-refractivity contribution in [3.8, 4) is 0 Å². The normalized spacial score (nSPS) is 10.3. The average Bonchev–Trinajstić information content (AvgIpc) is 2.51. The van der Waals surface area contributed by atoms with E-state index in [0.29, 0.717) is 6.54 Å². The number of aromatic nitrogens is 4. The molecule has 2 rings (SSSR count). The second-order valence-electron chi connectivity index (χ2n) is 4.11. The summed E-state index contributed by atoms with van der Waals surface area (Å²) in [5.74, 6) is 1.64. The Hall–Kier alpha value is -1.89. The first-order valence-corrected chi connectivity index (χ1v) is 7.70. The Labute approximate surface area is 122 Å². The topological polar surface area (TPSA) is 75.6 Å². The molecule has 0 aliphatic carbocycles. The molecule has 7 heteroatoms. The van der Waals surface area contributed by atoms with Crippen LogP contribution in [-0.2, 0) is 6.54 Å². The standard InChI is InChI=1S/C13H18N6S/c1-3-5-15-11-7-12(19-13(18-11)20-2)16-8-10-4-6-14-9-17-10/h4,6-7,9H,3,5,8H2,1-2H3,(H2,15,16,18,19). The maximum Gasteiger partial charge on any atom is 0.191 e. The van der Waals surface area contributed by atoms with Crippen LogP contribution in [0.3, 0.4) is 0 Å². The van der Waals surface area contributed by atoms with Crippen LogP contribution in [0.25, 0.3) is 0 Å². The van der Waals surface area contributed by atoms with Crippen LogP contribution in [0.5, 0.6) is 0 Å². The van der Waals surface area contributed by atoms with Crippen molar-refractivity contribution in [3.63, 3.8) is 0 Å². The molecular weight excluding hydrogens is 272 g/mol. The maximum absolute atomic E-state index is 4.43. The number of hydrogen-bond donors (Lipinski definition) is 2. The molecule has 2 aromatic heterocycles. The first-order chi connectivity index (χ1) is 9.81. The van der Waals surface area contributed by atoms with E-state index in [1.54, 1.807) is 12.5 Å². The highest BCUT2D eigenvalue weighted by Crippen LogP contribution is 2.17. The van der Waals surface area contributed by atoms with E-state index < -0.39 is 0 Å². The first kappa shape index (κ1) is 14.5. The molecule has 2 N–H and O–H groups in total. The zero-order valence-corrected chi connectivity index (χ0v) is 12.4. The molecule has 2 aromatic rings. The van der Waals surface area contributed by atoms with Crippen LogP contribution >= 0.6 is 11.8 Å². The Morgan fingerprint density at radius 3 is 2.65 bits per heavy atom. The fourth-order valence-corrected chi connectivity index (χ4v) is 1.93. The summed E-state index contributed by atoms with van der Waals surface area (Å²) in [5, 5.41) is 7.28. The van der Waals surface area contributed by atoms with Gasteiger partial charge in [0.2, 0.25) is 0 Å². The highest BCUT2D eigenvalue weighted by atomic mass is 32.2. The second kappa shape index (κ2) is 7.64. The molecule has 0 aliphatic rings. The van der Waals surface area contributed by atoms with Gasteiger partial charge in [-0.3, -0.25) is 0 Å². The van der Waals surface area contributed by atoms with Gasteiger partial charge >= 0.3 is 0 Å². The summed E-state index contributed by atoms with van der Waals surface area (Å²) in [6, 6.07) is 3.79. The number of hydrogen-bond acceptors (Lipinski definition) is 7. The van der Waals surface area contributed by atoms with E-state index in [9.17, 15) is 0 Å². The van der Waals surface area contributed by atoms with Crippen molar-refractivity contribution in [1.82, 2.24) is 19.9 Å². The second-order valence-corrected chi connectivity index (χ2v) is 4.88. The van der Waals surface area contributed by atoms with Gasteiger partial charge in [0, 0.05) is 18.8 Å². The third-order valence-electron chi connectivity index (χ3n) is 2.54. The fraction of sp³-hybridized carbons (Fsp3) is 0.385. The van der Waals surface area contributed by atoms with E-state index in [2.05, 4.69) is 37.5 Å². The van der Waals surface area contributed by atoms with Crippen LogP contribution in [0, 0.1) is 0 Å². The van der Waals surface area contributed by atoms with E-state index in [1.807, 2.05) is 18.4 Å². The van der Waals surface area contributed by atoms with Crippen molar-refractivity contribution >= 4 is 23.4 Å². The summed E-state index contributed by atoms with van der Waals surface area (Å²) in [7, 11) is 0. The lowest BCUT2D eigenvalue weighted by Crippen LogP contribution is -2.07. The molecule has 0 amide bonds.